The fourth-order valence-electron chi connectivity index (χ4n) is 4.83. The first-order chi connectivity index (χ1) is 15.4. The molecule has 1 N–H and O–H groups in total. The number of aromatic hydroxyl groups is 1. The number of ether oxygens (including phenoxy) is 1. The summed E-state index contributed by atoms with van der Waals surface area (Å²) < 4.78 is 7.97. The molecule has 0 aliphatic heterocycles. The maximum absolute atomic E-state index is 11.7. The third kappa shape index (κ3) is 5.82. The summed E-state index contributed by atoms with van der Waals surface area (Å²) in [6.45, 7) is 0.803. The molecule has 5 rings (SSSR count). The zero-order valence-electron chi connectivity index (χ0n) is 18.1. The van der Waals surface area contributed by atoms with Crippen LogP contribution in [0.15, 0.2) is 33.2 Å². The highest BCUT2D eigenvalue weighted by molar-refractivity contribution is 9.10. The number of phenols is 1. The van der Waals surface area contributed by atoms with Crippen LogP contribution in [0, 0.1) is 5.92 Å². The van der Waals surface area contributed by atoms with Crippen molar-refractivity contribution in [2.75, 3.05) is 6.61 Å². The normalized spacial score (nSPS) is 17.9. The Morgan fingerprint density at radius 1 is 0.812 bits per heavy atom. The summed E-state index contributed by atoms with van der Waals surface area (Å²) in [7, 11) is 0. The summed E-state index contributed by atoms with van der Waals surface area (Å²) in [5, 5.41) is 9.57. The Balaban J connectivity index is 0.000000165. The summed E-state index contributed by atoms with van der Waals surface area (Å²) in [6, 6.07) is 7.76. The van der Waals surface area contributed by atoms with Crippen molar-refractivity contribution in [1.29, 1.82) is 0 Å². The van der Waals surface area contributed by atoms with E-state index in [0.717, 1.165) is 50.8 Å². The van der Waals surface area contributed by atoms with Gasteiger partial charge in [-0.05, 0) is 67.0 Å². The fraction of sp³-hybridized carbons (Fsp3) is 0.462. The van der Waals surface area contributed by atoms with Crippen LogP contribution in [-0.4, -0.2) is 23.3 Å². The first-order valence-electron chi connectivity index (χ1n) is 11.4. The molecular weight excluding hydrogens is 536 g/mol. The number of aryl methyl sites for hydroxylation is 2. The van der Waals surface area contributed by atoms with Gasteiger partial charge < -0.3 is 9.84 Å². The number of fused-ring (bicyclic) bond motifs is 2. The van der Waals surface area contributed by atoms with Gasteiger partial charge in [-0.3, -0.25) is 9.59 Å². The minimum absolute atomic E-state index is 0.213. The van der Waals surface area contributed by atoms with Gasteiger partial charge in [0.05, 0.1) is 6.61 Å². The summed E-state index contributed by atoms with van der Waals surface area (Å²) in [6.07, 6.45) is 9.05. The molecule has 0 atom stereocenters. The van der Waals surface area contributed by atoms with Crippen LogP contribution in [-0.2, 0) is 35.3 Å². The van der Waals surface area contributed by atoms with Crippen LogP contribution in [0.25, 0.3) is 0 Å². The molecule has 4 nitrogen and oxygen atoms in total. The molecule has 2 aromatic carbocycles. The number of carbonyl (C=O) groups excluding carboxylic acids is 2. The molecule has 6 heteroatoms. The predicted octanol–water partition coefficient (Wildman–Crippen LogP) is 6.29. The topological polar surface area (TPSA) is 63.6 Å². The largest absolute Gasteiger partial charge is 0.508 e. The number of phenolic OH excluding ortho intramolecular Hbond substituents is 1. The number of ketones is 2. The van der Waals surface area contributed by atoms with Crippen molar-refractivity contribution in [3.63, 3.8) is 0 Å². The van der Waals surface area contributed by atoms with Crippen LogP contribution in [0.4, 0.5) is 0 Å². The van der Waals surface area contributed by atoms with Gasteiger partial charge in [-0.25, -0.2) is 0 Å². The third-order valence-corrected chi connectivity index (χ3v) is 7.51. The third-order valence-electron chi connectivity index (χ3n) is 6.59. The minimum atomic E-state index is 0.213. The van der Waals surface area contributed by atoms with E-state index in [1.165, 1.54) is 31.2 Å². The van der Waals surface area contributed by atoms with Gasteiger partial charge in [0.2, 0.25) is 0 Å². The van der Waals surface area contributed by atoms with Crippen molar-refractivity contribution in [3.05, 3.63) is 55.5 Å². The highest BCUT2D eigenvalue weighted by Gasteiger charge is 2.22. The van der Waals surface area contributed by atoms with E-state index in [-0.39, 0.29) is 11.5 Å². The molecule has 2 aromatic rings. The summed E-state index contributed by atoms with van der Waals surface area (Å²) in [4.78, 5) is 22.8. The summed E-state index contributed by atoms with van der Waals surface area (Å²) in [5.74, 6) is 2.40. The second kappa shape index (κ2) is 10.5. The fourth-order valence-corrected chi connectivity index (χ4v) is 5.80. The maximum Gasteiger partial charge on any atom is 0.137 e. The molecule has 0 amide bonds. The van der Waals surface area contributed by atoms with E-state index in [4.69, 9.17) is 4.74 Å². The van der Waals surface area contributed by atoms with E-state index in [1.54, 1.807) is 6.07 Å². The Kier molecular flexibility index (Phi) is 7.72. The second-order valence-electron chi connectivity index (χ2n) is 9.00. The average molecular weight is 564 g/mol. The Morgan fingerprint density at radius 3 is 2.03 bits per heavy atom. The zero-order valence-corrected chi connectivity index (χ0v) is 21.3. The molecule has 0 spiro atoms. The molecule has 0 radical (unpaired) electrons. The lowest BCUT2D eigenvalue weighted by Gasteiger charge is -2.21. The summed E-state index contributed by atoms with van der Waals surface area (Å²) in [5.41, 5.74) is 4.29. The van der Waals surface area contributed by atoms with Crippen LogP contribution >= 0.6 is 31.9 Å². The van der Waals surface area contributed by atoms with Gasteiger partial charge >= 0.3 is 0 Å². The van der Waals surface area contributed by atoms with Crippen molar-refractivity contribution in [1.82, 2.24) is 0 Å². The van der Waals surface area contributed by atoms with Crippen molar-refractivity contribution in [2.24, 2.45) is 5.92 Å². The first-order valence-corrected chi connectivity index (χ1v) is 13.0. The highest BCUT2D eigenvalue weighted by atomic mass is 79.9. The standard InChI is InChI=1S/C16H19BrO2.C10H9BrO2/c17-13-7-12-5-6-14(18)9-15(12)16(8-13)19-10-11-3-1-2-4-11;11-7-3-6-1-2-8(12)5-9(6)10(13)4-7/h7-8,11H,1-6,9-10H2;3-4,13H,1-2,5H2. The van der Waals surface area contributed by atoms with Gasteiger partial charge in [-0.2, -0.15) is 0 Å². The predicted molar refractivity (Wildman–Crippen MR) is 131 cm³/mol. The molecule has 0 heterocycles. The number of benzene rings is 2. The van der Waals surface area contributed by atoms with E-state index < -0.39 is 0 Å². The Labute approximate surface area is 206 Å². The quantitative estimate of drug-likeness (QED) is 0.477. The number of rotatable bonds is 3. The van der Waals surface area contributed by atoms with E-state index >= 15 is 0 Å². The Morgan fingerprint density at radius 2 is 1.38 bits per heavy atom. The van der Waals surface area contributed by atoms with E-state index in [0.29, 0.717) is 37.4 Å². The van der Waals surface area contributed by atoms with Gasteiger partial charge in [0.15, 0.2) is 0 Å². The van der Waals surface area contributed by atoms with E-state index in [1.807, 2.05) is 12.1 Å². The highest BCUT2D eigenvalue weighted by Crippen LogP contribution is 2.34. The van der Waals surface area contributed by atoms with Gasteiger partial charge in [0, 0.05) is 45.8 Å². The molecular formula is C26H28Br2O4. The van der Waals surface area contributed by atoms with Crippen LogP contribution < -0.4 is 4.74 Å². The maximum atomic E-state index is 11.7. The van der Waals surface area contributed by atoms with Gasteiger partial charge in [-0.15, -0.1) is 0 Å². The number of hydrogen-bond donors (Lipinski definition) is 1. The van der Waals surface area contributed by atoms with Gasteiger partial charge in [-0.1, -0.05) is 44.7 Å². The molecule has 0 aromatic heterocycles. The van der Waals surface area contributed by atoms with Crippen LogP contribution in [0.3, 0.4) is 0 Å². The smallest absolute Gasteiger partial charge is 0.137 e. The van der Waals surface area contributed by atoms with Crippen LogP contribution in [0.1, 0.15) is 60.8 Å². The molecule has 170 valence electrons. The van der Waals surface area contributed by atoms with Crippen LogP contribution in [0.5, 0.6) is 11.5 Å². The monoisotopic (exact) mass is 562 g/mol. The lowest BCUT2D eigenvalue weighted by atomic mass is 9.90. The Bertz CT molecular complexity index is 1020. The van der Waals surface area contributed by atoms with E-state index in [2.05, 4.69) is 37.9 Å². The van der Waals surface area contributed by atoms with Crippen LogP contribution in [0.2, 0.25) is 0 Å². The first kappa shape index (κ1) is 23.5. The molecule has 3 aliphatic rings. The molecule has 0 saturated heterocycles. The molecule has 1 saturated carbocycles. The van der Waals surface area contributed by atoms with Crippen molar-refractivity contribution in [2.45, 2.75) is 64.2 Å². The van der Waals surface area contributed by atoms with Crippen molar-refractivity contribution >= 4 is 43.4 Å². The minimum Gasteiger partial charge on any atom is -0.508 e. The lowest BCUT2D eigenvalue weighted by molar-refractivity contribution is -0.119. The number of Topliss-reactive ketones (excluding diaryl/α,β-unsaturated/α-hetero) is 2. The Hall–Kier alpha value is -1.66. The number of carbonyl (C=O) groups is 2. The second-order valence-corrected chi connectivity index (χ2v) is 10.8. The lowest BCUT2D eigenvalue weighted by Crippen LogP contribution is -2.16. The van der Waals surface area contributed by atoms with Gasteiger partial charge in [0.1, 0.15) is 23.1 Å². The molecule has 32 heavy (non-hydrogen) atoms. The van der Waals surface area contributed by atoms with Gasteiger partial charge in [0.25, 0.3) is 0 Å². The molecule has 1 fully saturated rings. The van der Waals surface area contributed by atoms with Crippen molar-refractivity contribution in [3.8, 4) is 11.5 Å². The zero-order chi connectivity index (χ0) is 22.7. The number of hydrogen-bond acceptors (Lipinski definition) is 4. The van der Waals surface area contributed by atoms with E-state index in [9.17, 15) is 14.7 Å². The molecule has 0 unspecified atom stereocenters. The number of halogens is 2. The molecule has 0 bridgehead atoms. The van der Waals surface area contributed by atoms with Crippen molar-refractivity contribution < 1.29 is 19.4 Å². The molecule has 3 aliphatic carbocycles. The summed E-state index contributed by atoms with van der Waals surface area (Å²) >= 11 is 6.86. The SMILES string of the molecule is O=C1CCc2cc(Br)cc(O)c2C1.O=C1CCc2cc(Br)cc(OCC3CCCC3)c2C1. The average Bonchev–Trinajstić information content (AvgIpc) is 3.27.